The number of carbonyl (C=O) groups excluding carboxylic acids is 1. The third kappa shape index (κ3) is 2.39. The smallest absolute Gasteiger partial charge is 0.247 e. The molecule has 1 aromatic rings. The van der Waals surface area contributed by atoms with Crippen molar-refractivity contribution in [2.75, 3.05) is 0 Å². The molecule has 0 aliphatic rings. The van der Waals surface area contributed by atoms with Gasteiger partial charge in [-0.15, -0.1) is 0 Å². The molecule has 71 valence electrons. The van der Waals surface area contributed by atoms with Crippen LogP contribution in [-0.2, 0) is 14.8 Å². The summed E-state index contributed by atoms with van der Waals surface area (Å²) >= 11 is 0. The fourth-order valence-corrected chi connectivity index (χ4v) is 1.18. The molecule has 0 bridgehead atoms. The zero-order valence-corrected chi connectivity index (χ0v) is 9.07. The van der Waals surface area contributed by atoms with Crippen molar-refractivity contribution in [3.05, 3.63) is 29.8 Å². The lowest BCUT2D eigenvalue weighted by Gasteiger charge is -2.23. The van der Waals surface area contributed by atoms with Crippen LogP contribution >= 0.6 is 0 Å². The van der Waals surface area contributed by atoms with E-state index >= 15 is 0 Å². The number of hydrogen-bond donors (Lipinski definition) is 0. The Labute approximate surface area is 86.4 Å². The topological polar surface area (TPSA) is 38.7 Å². The van der Waals surface area contributed by atoms with Crippen LogP contribution in [0.2, 0.25) is 0 Å². The molecule has 0 amide bonds. The van der Waals surface area contributed by atoms with Crippen molar-refractivity contribution < 1.29 is 9.22 Å². The predicted molar refractivity (Wildman–Crippen MR) is 54.1 cm³/mol. The molecule has 1 rings (SSSR count). The number of hydrogen-bond acceptors (Lipinski definition) is 3. The van der Waals surface area contributed by atoms with Gasteiger partial charge >= 0.3 is 0 Å². The minimum Gasteiger partial charge on any atom is -0.410 e. The maximum absolute atomic E-state index is 10.1. The van der Waals surface area contributed by atoms with Crippen LogP contribution in [0.3, 0.4) is 0 Å². The first-order valence-corrected chi connectivity index (χ1v) is 4.54. The molecule has 4 heteroatoms. The zero-order valence-electron chi connectivity index (χ0n) is 8.07. The largest absolute Gasteiger partial charge is 0.410 e. The van der Waals surface area contributed by atoms with Crippen LogP contribution in [0.4, 0.5) is 5.69 Å². The Kier molecular flexibility index (Phi) is 3.36. The standard InChI is InChI=1S/C10H10NO2Si/c1-10(2,13-14)8-4-3-5-9(6-8)11-7-12/h3-6H,1-2H3. The van der Waals surface area contributed by atoms with Crippen molar-refractivity contribution in [3.63, 3.8) is 0 Å². The predicted octanol–water partition coefficient (Wildman–Crippen LogP) is 1.99. The first-order chi connectivity index (χ1) is 6.60. The van der Waals surface area contributed by atoms with Crippen LogP contribution in [0.15, 0.2) is 29.3 Å². The Bertz CT molecular complexity index is 370. The van der Waals surface area contributed by atoms with Crippen LogP contribution in [-0.4, -0.2) is 16.6 Å². The average molecular weight is 204 g/mol. The Hall–Kier alpha value is -1.22. The SMILES string of the molecule is CC(C)(O[Si])c1cccc(N=C=O)c1. The van der Waals surface area contributed by atoms with Crippen LogP contribution < -0.4 is 0 Å². The molecule has 3 nitrogen and oxygen atoms in total. The monoisotopic (exact) mass is 204 g/mol. The molecule has 0 saturated heterocycles. The fourth-order valence-electron chi connectivity index (χ4n) is 1.06. The fraction of sp³-hybridized carbons (Fsp3) is 0.300. The lowest BCUT2D eigenvalue weighted by molar-refractivity contribution is 0.123. The Morgan fingerprint density at radius 3 is 2.79 bits per heavy atom. The van der Waals surface area contributed by atoms with Crippen molar-refractivity contribution in [2.24, 2.45) is 4.99 Å². The van der Waals surface area contributed by atoms with Crippen molar-refractivity contribution in [2.45, 2.75) is 19.4 Å². The lowest BCUT2D eigenvalue weighted by Crippen LogP contribution is -2.19. The molecule has 14 heavy (non-hydrogen) atoms. The van der Waals surface area contributed by atoms with E-state index in [9.17, 15) is 4.79 Å². The van der Waals surface area contributed by atoms with E-state index in [4.69, 9.17) is 4.43 Å². The summed E-state index contributed by atoms with van der Waals surface area (Å²) in [4.78, 5) is 13.6. The average Bonchev–Trinajstić information content (AvgIpc) is 2.19. The van der Waals surface area contributed by atoms with Gasteiger partial charge in [0, 0.05) is 0 Å². The highest BCUT2D eigenvalue weighted by Gasteiger charge is 2.18. The van der Waals surface area contributed by atoms with Crippen molar-refractivity contribution >= 4 is 22.3 Å². The molecule has 0 heterocycles. The van der Waals surface area contributed by atoms with Gasteiger partial charge in [0.1, 0.15) is 0 Å². The first kappa shape index (κ1) is 10.9. The summed E-state index contributed by atoms with van der Waals surface area (Å²) < 4.78 is 5.12. The highest BCUT2D eigenvalue weighted by Crippen LogP contribution is 2.26. The lowest BCUT2D eigenvalue weighted by atomic mass is 9.98. The van der Waals surface area contributed by atoms with Crippen LogP contribution in [0.25, 0.3) is 0 Å². The third-order valence-corrected chi connectivity index (χ3v) is 2.48. The van der Waals surface area contributed by atoms with Crippen LogP contribution in [0.1, 0.15) is 19.4 Å². The molecule has 0 atom stereocenters. The van der Waals surface area contributed by atoms with Gasteiger partial charge in [-0.1, -0.05) is 12.1 Å². The number of aliphatic imine (C=N–C) groups is 1. The van der Waals surface area contributed by atoms with Crippen molar-refractivity contribution in [3.8, 4) is 0 Å². The number of rotatable bonds is 3. The minimum absolute atomic E-state index is 0.453. The summed E-state index contributed by atoms with van der Waals surface area (Å²) in [7, 11) is 3.01. The maximum atomic E-state index is 10.1. The maximum Gasteiger partial charge on any atom is 0.247 e. The Balaban J connectivity index is 3.11. The highest BCUT2D eigenvalue weighted by molar-refractivity contribution is 5.98. The molecule has 0 spiro atoms. The quantitative estimate of drug-likeness (QED) is 0.429. The molecular weight excluding hydrogens is 194 g/mol. The van der Waals surface area contributed by atoms with E-state index in [1.807, 2.05) is 26.0 Å². The van der Waals surface area contributed by atoms with E-state index in [0.29, 0.717) is 5.69 Å². The van der Waals surface area contributed by atoms with E-state index in [2.05, 4.69) is 15.5 Å². The van der Waals surface area contributed by atoms with E-state index in [1.54, 1.807) is 12.1 Å². The van der Waals surface area contributed by atoms with Gasteiger partial charge in [0.25, 0.3) is 0 Å². The molecular formula is C10H10NO2Si. The summed E-state index contributed by atoms with van der Waals surface area (Å²) in [6.45, 7) is 3.81. The Morgan fingerprint density at radius 1 is 1.50 bits per heavy atom. The second-order valence-electron chi connectivity index (χ2n) is 3.37. The van der Waals surface area contributed by atoms with E-state index < -0.39 is 5.60 Å². The van der Waals surface area contributed by atoms with Gasteiger partial charge in [0.2, 0.25) is 16.6 Å². The molecule has 0 unspecified atom stereocenters. The molecule has 0 N–H and O–H groups in total. The van der Waals surface area contributed by atoms with E-state index in [0.717, 1.165) is 5.56 Å². The van der Waals surface area contributed by atoms with E-state index in [-0.39, 0.29) is 0 Å². The van der Waals surface area contributed by atoms with Gasteiger partial charge in [0.05, 0.1) is 11.3 Å². The normalized spacial score (nSPS) is 10.8. The summed E-state index contributed by atoms with van der Waals surface area (Å²) in [6.07, 6.45) is 1.50. The number of nitrogens with zero attached hydrogens (tertiary/aromatic N) is 1. The third-order valence-electron chi connectivity index (χ3n) is 1.97. The van der Waals surface area contributed by atoms with Gasteiger partial charge in [-0.05, 0) is 31.5 Å². The van der Waals surface area contributed by atoms with Gasteiger partial charge in [-0.2, -0.15) is 4.99 Å². The second-order valence-corrected chi connectivity index (χ2v) is 3.57. The molecule has 0 saturated carbocycles. The summed E-state index contributed by atoms with van der Waals surface area (Å²) in [5.74, 6) is 0. The second kappa shape index (κ2) is 4.33. The van der Waals surface area contributed by atoms with Crippen LogP contribution in [0, 0.1) is 0 Å². The molecule has 0 fully saturated rings. The van der Waals surface area contributed by atoms with Crippen molar-refractivity contribution in [1.29, 1.82) is 0 Å². The molecule has 0 aliphatic carbocycles. The highest BCUT2D eigenvalue weighted by atomic mass is 28.2. The molecule has 1 aromatic carbocycles. The first-order valence-electron chi connectivity index (χ1n) is 4.13. The minimum atomic E-state index is -0.453. The Morgan fingerprint density at radius 2 is 2.21 bits per heavy atom. The summed E-state index contributed by atoms with van der Waals surface area (Å²) in [6, 6.07) is 7.24. The van der Waals surface area contributed by atoms with Crippen LogP contribution in [0.5, 0.6) is 0 Å². The number of benzene rings is 1. The van der Waals surface area contributed by atoms with E-state index in [1.165, 1.54) is 6.08 Å². The number of isocyanates is 1. The zero-order chi connectivity index (χ0) is 10.6. The molecule has 0 aromatic heterocycles. The molecule has 0 aliphatic heterocycles. The van der Waals surface area contributed by atoms with Gasteiger partial charge in [-0.3, -0.25) is 0 Å². The van der Waals surface area contributed by atoms with Gasteiger partial charge in [-0.25, -0.2) is 4.79 Å². The van der Waals surface area contributed by atoms with Gasteiger partial charge in [0.15, 0.2) is 0 Å². The van der Waals surface area contributed by atoms with Gasteiger partial charge < -0.3 is 4.43 Å². The summed E-state index contributed by atoms with van der Waals surface area (Å²) in [5.41, 5.74) is 1.06. The summed E-state index contributed by atoms with van der Waals surface area (Å²) in [5, 5.41) is 0. The van der Waals surface area contributed by atoms with Crippen molar-refractivity contribution in [1.82, 2.24) is 0 Å². The molecule has 3 radical (unpaired) electrons.